The van der Waals surface area contributed by atoms with E-state index in [9.17, 15) is 4.79 Å². The van der Waals surface area contributed by atoms with Crippen LogP contribution >= 0.6 is 23.2 Å². The Morgan fingerprint density at radius 3 is 1.56 bits per heavy atom. The van der Waals surface area contributed by atoms with Gasteiger partial charge in [-0.1, -0.05) is 112 Å². The zero-order valence-electron chi connectivity index (χ0n) is 26.3. The van der Waals surface area contributed by atoms with E-state index < -0.39 is 5.92 Å². The molecule has 2 heterocycles. The molecule has 0 saturated carbocycles. The van der Waals surface area contributed by atoms with Gasteiger partial charge in [-0.25, -0.2) is 9.97 Å². The van der Waals surface area contributed by atoms with Gasteiger partial charge >= 0.3 is 18.3 Å². The number of benzene rings is 2. The number of rotatable bonds is 12. The third-order valence-corrected chi connectivity index (χ3v) is 6.57. The molecule has 0 spiro atoms. The van der Waals surface area contributed by atoms with Crippen LogP contribution < -0.4 is 9.47 Å². The molecule has 4 rings (SSSR count). The van der Waals surface area contributed by atoms with Crippen molar-refractivity contribution in [2.24, 2.45) is 0 Å². The number of hydrogen-bond donors (Lipinski definition) is 0. The summed E-state index contributed by atoms with van der Waals surface area (Å²) >= 11 is 12.3. The molecule has 48 heavy (non-hydrogen) atoms. The maximum absolute atomic E-state index is 11.9. The quantitative estimate of drug-likeness (QED) is 0.105. The van der Waals surface area contributed by atoms with Gasteiger partial charge in [0.1, 0.15) is 13.2 Å². The van der Waals surface area contributed by atoms with E-state index in [1.165, 1.54) is 0 Å². The molecule has 0 radical (unpaired) electrons. The fourth-order valence-corrected chi connectivity index (χ4v) is 4.35. The van der Waals surface area contributed by atoms with Gasteiger partial charge in [-0.15, -0.1) is 0 Å². The molecule has 12 heteroatoms. The summed E-state index contributed by atoms with van der Waals surface area (Å²) in [5.74, 6) is 0.450. The second-order valence-electron chi connectivity index (χ2n) is 9.29. The minimum atomic E-state index is -0.407. The average Bonchev–Trinajstić information content (AvgIpc) is 3.07. The summed E-state index contributed by atoms with van der Waals surface area (Å²) in [5.41, 5.74) is 3.77. The molecular weight excluding hydrogens is 659 g/mol. The van der Waals surface area contributed by atoms with Crippen molar-refractivity contribution >= 4 is 41.5 Å². The van der Waals surface area contributed by atoms with Gasteiger partial charge in [-0.05, 0) is 55.2 Å². The average molecular weight is 700 g/mol. The third kappa shape index (κ3) is 16.6. The number of aromatic nitrogens is 2. The van der Waals surface area contributed by atoms with Crippen LogP contribution in [0.15, 0.2) is 84.9 Å². The van der Waals surface area contributed by atoms with Crippen LogP contribution in [0.5, 0.6) is 11.5 Å². The van der Waals surface area contributed by atoms with Crippen LogP contribution in [0.3, 0.4) is 0 Å². The Labute approximate surface area is 291 Å². The van der Waals surface area contributed by atoms with Crippen LogP contribution in [0.4, 0.5) is 0 Å². The van der Waals surface area contributed by atoms with Crippen LogP contribution in [0.2, 0.25) is 10.3 Å². The molecule has 1 atom stereocenters. The highest BCUT2D eigenvalue weighted by atomic mass is 35.5. The van der Waals surface area contributed by atoms with Gasteiger partial charge in [0, 0.05) is 5.69 Å². The maximum Gasteiger partial charge on any atom is 0.373 e. The lowest BCUT2D eigenvalue weighted by atomic mass is 10.0. The molecule has 256 valence electrons. The SMILES string of the molecule is C.CCCc1ccc(OCc2ccccc2)c(Cl)n1.CCOC(=O)C(CC)c1ccc(OCc2ccccc2)c(Cl)n1.O=C=O.O=C=O. The lowest BCUT2D eigenvalue weighted by molar-refractivity contribution is -0.193. The highest BCUT2D eigenvalue weighted by Gasteiger charge is 2.22. The Morgan fingerprint density at radius 2 is 1.17 bits per heavy atom. The van der Waals surface area contributed by atoms with Gasteiger partial charge in [0.15, 0.2) is 21.8 Å². The smallest absolute Gasteiger partial charge is 0.373 e. The van der Waals surface area contributed by atoms with Gasteiger partial charge in [0.05, 0.1) is 18.2 Å². The molecule has 0 bridgehead atoms. The van der Waals surface area contributed by atoms with E-state index in [0.29, 0.717) is 48.6 Å². The van der Waals surface area contributed by atoms with Crippen LogP contribution in [0.25, 0.3) is 0 Å². The fraction of sp³-hybridized carbons (Fsp3) is 0.306. The molecule has 10 nitrogen and oxygen atoms in total. The number of carbonyl (C=O) groups excluding carboxylic acids is 5. The second-order valence-corrected chi connectivity index (χ2v) is 10.0. The molecule has 1 unspecified atom stereocenters. The number of pyridine rings is 2. The number of esters is 1. The Balaban J connectivity index is 0.000000791. The van der Waals surface area contributed by atoms with Crippen LogP contribution in [-0.4, -0.2) is 34.8 Å². The predicted molar refractivity (Wildman–Crippen MR) is 180 cm³/mol. The summed E-state index contributed by atoms with van der Waals surface area (Å²) in [6, 6.07) is 27.2. The van der Waals surface area contributed by atoms with Gasteiger partial charge in [-0.2, -0.15) is 19.2 Å². The molecule has 0 fully saturated rings. The summed E-state index contributed by atoms with van der Waals surface area (Å²) in [5, 5.41) is 0.693. The van der Waals surface area contributed by atoms with Gasteiger partial charge in [0.25, 0.3) is 0 Å². The van der Waals surface area contributed by atoms with Crippen molar-refractivity contribution in [1.29, 1.82) is 0 Å². The molecule has 0 aliphatic carbocycles. The summed E-state index contributed by atoms with van der Waals surface area (Å²) in [6.07, 6.45) is 3.11. The first kappa shape index (κ1) is 43.1. The van der Waals surface area contributed by atoms with Crippen molar-refractivity contribution in [3.05, 3.63) is 118 Å². The molecule has 4 aromatic rings. The number of ether oxygens (including phenoxy) is 3. The lowest BCUT2D eigenvalue weighted by Gasteiger charge is -2.14. The van der Waals surface area contributed by atoms with Crippen LogP contribution in [-0.2, 0) is 48.3 Å². The molecule has 2 aromatic carbocycles. The summed E-state index contributed by atoms with van der Waals surface area (Å²) in [7, 11) is 0. The lowest BCUT2D eigenvalue weighted by Crippen LogP contribution is -2.16. The van der Waals surface area contributed by atoms with E-state index in [1.807, 2.05) is 79.7 Å². The van der Waals surface area contributed by atoms with Gasteiger partial charge in [-0.3, -0.25) is 4.79 Å². The molecule has 0 aliphatic rings. The van der Waals surface area contributed by atoms with E-state index in [2.05, 4.69) is 16.9 Å². The summed E-state index contributed by atoms with van der Waals surface area (Å²) in [4.78, 5) is 53.1. The molecular formula is C36H40Cl2N2O8. The Hall–Kier alpha value is -4.85. The second kappa shape index (κ2) is 26.2. The number of hydrogen-bond acceptors (Lipinski definition) is 10. The van der Waals surface area contributed by atoms with E-state index in [0.717, 1.165) is 29.7 Å². The molecule has 0 saturated heterocycles. The Morgan fingerprint density at radius 1 is 0.708 bits per heavy atom. The first-order valence-corrected chi connectivity index (χ1v) is 15.3. The van der Waals surface area contributed by atoms with E-state index in [-0.39, 0.29) is 30.9 Å². The Bertz CT molecular complexity index is 1530. The fourth-order valence-electron chi connectivity index (χ4n) is 3.91. The van der Waals surface area contributed by atoms with Crippen LogP contribution in [0.1, 0.15) is 69.5 Å². The van der Waals surface area contributed by atoms with Crippen molar-refractivity contribution in [3.8, 4) is 11.5 Å². The minimum Gasteiger partial charge on any atom is -0.486 e. The molecule has 0 aliphatic heterocycles. The summed E-state index contributed by atoms with van der Waals surface area (Å²) < 4.78 is 16.4. The first-order valence-electron chi connectivity index (χ1n) is 14.6. The van der Waals surface area contributed by atoms with Crippen molar-refractivity contribution in [1.82, 2.24) is 9.97 Å². The number of nitrogens with zero attached hydrogens (tertiary/aromatic N) is 2. The minimum absolute atomic E-state index is 0. The summed E-state index contributed by atoms with van der Waals surface area (Å²) in [6.45, 7) is 7.09. The van der Waals surface area contributed by atoms with Gasteiger partial charge in [0.2, 0.25) is 0 Å². The van der Waals surface area contributed by atoms with Crippen LogP contribution in [0, 0.1) is 0 Å². The highest BCUT2D eigenvalue weighted by Crippen LogP contribution is 2.28. The number of carbonyl (C=O) groups is 1. The van der Waals surface area contributed by atoms with E-state index >= 15 is 0 Å². The number of aryl methyl sites for hydroxylation is 1. The van der Waals surface area contributed by atoms with Crippen molar-refractivity contribution in [3.63, 3.8) is 0 Å². The third-order valence-electron chi connectivity index (χ3n) is 6.03. The van der Waals surface area contributed by atoms with E-state index in [4.69, 9.17) is 56.6 Å². The molecule has 0 amide bonds. The molecule has 2 aromatic heterocycles. The zero-order chi connectivity index (χ0) is 34.9. The predicted octanol–water partition coefficient (Wildman–Crippen LogP) is 8.11. The standard InChI is InChI=1S/C18H20ClNO3.C15H16ClNO.2CO2.CH4/c1-3-14(18(21)22-4-2)15-10-11-16(17(19)20-15)23-12-13-8-6-5-7-9-13;1-2-6-13-9-10-14(15(16)17-13)18-11-12-7-4-3-5-8-12;2*2-1-3;/h5-11,14H,3-4,12H2,1-2H3;3-5,7-10H,2,6,11H2,1H3;;;1H4. The number of halogens is 2. The maximum atomic E-state index is 11.9. The molecule has 0 N–H and O–H groups in total. The monoisotopic (exact) mass is 698 g/mol. The highest BCUT2D eigenvalue weighted by molar-refractivity contribution is 6.31. The largest absolute Gasteiger partial charge is 0.486 e. The Kier molecular flexibility index (Phi) is 23.6. The normalized spacial score (nSPS) is 9.85. The van der Waals surface area contributed by atoms with Crippen molar-refractivity contribution in [2.75, 3.05) is 6.61 Å². The topological polar surface area (TPSA) is 139 Å². The van der Waals surface area contributed by atoms with Crippen molar-refractivity contribution in [2.45, 2.75) is 66.6 Å². The van der Waals surface area contributed by atoms with Gasteiger partial charge < -0.3 is 14.2 Å². The van der Waals surface area contributed by atoms with Crippen molar-refractivity contribution < 1.29 is 38.2 Å². The first-order chi connectivity index (χ1) is 22.8. The zero-order valence-corrected chi connectivity index (χ0v) is 27.8. The van der Waals surface area contributed by atoms with E-state index in [1.54, 1.807) is 19.1 Å².